The van der Waals surface area contributed by atoms with Crippen LogP contribution in [0.25, 0.3) is 0 Å². The summed E-state index contributed by atoms with van der Waals surface area (Å²) in [7, 11) is 3.52. The lowest BCUT2D eigenvalue weighted by Crippen LogP contribution is -2.48. The normalized spacial score (nSPS) is 22.0. The van der Waals surface area contributed by atoms with Gasteiger partial charge in [-0.25, -0.2) is 0 Å². The molecule has 1 atom stereocenters. The van der Waals surface area contributed by atoms with Crippen molar-refractivity contribution in [2.24, 2.45) is 16.6 Å². The number of carbonyl (C=O) groups is 1. The summed E-state index contributed by atoms with van der Waals surface area (Å²) >= 11 is 0. The second-order valence-electron chi connectivity index (χ2n) is 7.53. The van der Waals surface area contributed by atoms with Crippen LogP contribution in [0.4, 0.5) is 0 Å². The van der Waals surface area contributed by atoms with E-state index in [4.69, 9.17) is 10.5 Å². The summed E-state index contributed by atoms with van der Waals surface area (Å²) in [6, 6.07) is 8.40. The number of piperidine rings is 1. The van der Waals surface area contributed by atoms with Gasteiger partial charge in [-0.15, -0.1) is 0 Å². The number of rotatable bonds is 6. The third-order valence-electron chi connectivity index (χ3n) is 5.66. The minimum absolute atomic E-state index is 0.199. The maximum atomic E-state index is 11.2. The number of likely N-dealkylation sites (tertiary alicyclic amines) is 1. The molecule has 1 aliphatic carbocycles. The summed E-state index contributed by atoms with van der Waals surface area (Å²) in [5.41, 5.74) is 6.93. The van der Waals surface area contributed by atoms with Crippen LogP contribution < -0.4 is 15.8 Å². The lowest BCUT2D eigenvalue weighted by atomic mass is 9.94. The second-order valence-corrected chi connectivity index (χ2v) is 7.53. The molecular weight excluding hydrogens is 328 g/mol. The number of ether oxygens (including phenoxy) is 1. The third kappa shape index (κ3) is 4.29. The average Bonchev–Trinajstić information content (AvgIpc) is 3.43. The lowest BCUT2D eigenvalue weighted by molar-refractivity contribution is -0.119. The van der Waals surface area contributed by atoms with Crippen molar-refractivity contribution in [3.8, 4) is 5.75 Å². The Kier molecular flexibility index (Phi) is 5.69. The predicted molar refractivity (Wildman–Crippen MR) is 103 cm³/mol. The number of aliphatic imine (C=N–C) groups is 1. The Morgan fingerprint density at radius 2 is 2.12 bits per heavy atom. The maximum absolute atomic E-state index is 11.2. The van der Waals surface area contributed by atoms with Gasteiger partial charge < -0.3 is 20.7 Å². The fraction of sp³-hybridized carbons (Fsp3) is 0.600. The smallest absolute Gasteiger partial charge is 0.217 e. The van der Waals surface area contributed by atoms with Gasteiger partial charge in [0.2, 0.25) is 5.91 Å². The van der Waals surface area contributed by atoms with Gasteiger partial charge in [-0.2, -0.15) is 0 Å². The maximum Gasteiger partial charge on any atom is 0.217 e. The molecule has 1 saturated carbocycles. The average molecular weight is 358 g/mol. The number of hydrogen-bond donors (Lipinski definition) is 2. The van der Waals surface area contributed by atoms with E-state index in [1.54, 1.807) is 7.11 Å². The predicted octanol–water partition coefficient (Wildman–Crippen LogP) is 1.89. The quantitative estimate of drug-likeness (QED) is 0.601. The van der Waals surface area contributed by atoms with E-state index < -0.39 is 0 Å². The number of nitrogens with one attached hydrogen (secondary N) is 1. The Bertz CT molecular complexity index is 652. The topological polar surface area (TPSA) is 80.0 Å². The molecule has 0 bridgehead atoms. The molecule has 2 aliphatic rings. The number of guanidine groups is 1. The second kappa shape index (κ2) is 7.98. The highest BCUT2D eigenvalue weighted by Gasteiger charge is 2.44. The van der Waals surface area contributed by atoms with Crippen LogP contribution in [0, 0.1) is 5.92 Å². The fourth-order valence-corrected chi connectivity index (χ4v) is 3.95. The van der Waals surface area contributed by atoms with Gasteiger partial charge in [0.25, 0.3) is 0 Å². The number of nitrogens with zero attached hydrogens (tertiary/aromatic N) is 2. The molecular formula is C20H30N4O2. The molecule has 2 fully saturated rings. The molecule has 1 aromatic rings. The van der Waals surface area contributed by atoms with E-state index in [0.717, 1.165) is 44.2 Å². The lowest BCUT2D eigenvalue weighted by Gasteiger charge is -2.35. The van der Waals surface area contributed by atoms with Crippen LogP contribution in [-0.2, 0) is 10.2 Å². The van der Waals surface area contributed by atoms with Gasteiger partial charge in [0.05, 0.1) is 7.11 Å². The van der Waals surface area contributed by atoms with Gasteiger partial charge in [-0.3, -0.25) is 9.79 Å². The van der Waals surface area contributed by atoms with Crippen molar-refractivity contribution in [1.29, 1.82) is 0 Å². The summed E-state index contributed by atoms with van der Waals surface area (Å²) in [5.74, 6) is 1.94. The van der Waals surface area contributed by atoms with Crippen molar-refractivity contribution >= 4 is 11.9 Å². The molecule has 0 radical (unpaired) electrons. The van der Waals surface area contributed by atoms with Crippen LogP contribution in [0.1, 0.15) is 37.7 Å². The molecule has 1 amide bonds. The van der Waals surface area contributed by atoms with Crippen molar-refractivity contribution < 1.29 is 9.53 Å². The first-order valence-corrected chi connectivity index (χ1v) is 9.45. The largest absolute Gasteiger partial charge is 0.497 e. The van der Waals surface area contributed by atoms with Crippen LogP contribution in [0.2, 0.25) is 0 Å². The molecule has 1 aliphatic heterocycles. The van der Waals surface area contributed by atoms with E-state index in [-0.39, 0.29) is 11.3 Å². The molecule has 1 aromatic carbocycles. The van der Waals surface area contributed by atoms with Crippen molar-refractivity contribution in [3.05, 3.63) is 29.8 Å². The van der Waals surface area contributed by atoms with Gasteiger partial charge in [0.1, 0.15) is 5.75 Å². The van der Waals surface area contributed by atoms with Crippen LogP contribution in [0.15, 0.2) is 29.3 Å². The van der Waals surface area contributed by atoms with Gasteiger partial charge >= 0.3 is 0 Å². The first kappa shape index (κ1) is 18.5. The number of nitrogens with two attached hydrogens (primary N) is 1. The van der Waals surface area contributed by atoms with Gasteiger partial charge in [0.15, 0.2) is 5.96 Å². The van der Waals surface area contributed by atoms with Crippen molar-refractivity contribution in [2.45, 2.75) is 37.5 Å². The zero-order valence-electron chi connectivity index (χ0n) is 15.8. The Labute approximate surface area is 155 Å². The molecule has 6 heteroatoms. The fourth-order valence-electron chi connectivity index (χ4n) is 3.95. The first-order valence-electron chi connectivity index (χ1n) is 9.45. The van der Waals surface area contributed by atoms with E-state index in [1.807, 2.05) is 19.2 Å². The van der Waals surface area contributed by atoms with Crippen LogP contribution in [0.3, 0.4) is 0 Å². The number of carbonyl (C=O) groups excluding carboxylic acids is 1. The molecule has 3 N–H and O–H groups in total. The summed E-state index contributed by atoms with van der Waals surface area (Å²) < 4.78 is 5.26. The Morgan fingerprint density at radius 1 is 1.38 bits per heavy atom. The highest BCUT2D eigenvalue weighted by atomic mass is 16.5. The standard InChI is InChI=1S/C20H30N4O2/c1-22-19(24-11-3-4-15(13-24)12-18(21)25)23-14-20(9-10-20)16-5-7-17(26-2)8-6-16/h5-8,15H,3-4,9-14H2,1-2H3,(H2,21,25)(H,22,23). The molecule has 1 unspecified atom stereocenters. The third-order valence-corrected chi connectivity index (χ3v) is 5.66. The van der Waals surface area contributed by atoms with Crippen molar-refractivity contribution in [1.82, 2.24) is 10.2 Å². The molecule has 26 heavy (non-hydrogen) atoms. The summed E-state index contributed by atoms with van der Waals surface area (Å²) in [6.07, 6.45) is 4.97. The molecule has 0 spiro atoms. The van der Waals surface area contributed by atoms with Crippen LogP contribution in [-0.4, -0.2) is 50.6 Å². The molecule has 6 nitrogen and oxygen atoms in total. The highest BCUT2D eigenvalue weighted by Crippen LogP contribution is 2.47. The van der Waals surface area contributed by atoms with E-state index in [1.165, 1.54) is 18.4 Å². The number of hydrogen-bond acceptors (Lipinski definition) is 3. The Balaban J connectivity index is 1.59. The summed E-state index contributed by atoms with van der Waals surface area (Å²) in [5, 5.41) is 3.57. The monoisotopic (exact) mass is 358 g/mol. The number of benzene rings is 1. The molecule has 1 saturated heterocycles. The Morgan fingerprint density at radius 3 is 2.69 bits per heavy atom. The summed E-state index contributed by atoms with van der Waals surface area (Å²) in [4.78, 5) is 18.0. The van der Waals surface area contributed by atoms with Crippen LogP contribution >= 0.6 is 0 Å². The zero-order valence-corrected chi connectivity index (χ0v) is 15.8. The molecule has 3 rings (SSSR count). The Hall–Kier alpha value is -2.24. The van der Waals surface area contributed by atoms with Gasteiger partial charge in [-0.1, -0.05) is 12.1 Å². The van der Waals surface area contributed by atoms with E-state index in [0.29, 0.717) is 12.3 Å². The SMILES string of the molecule is CN=C(NCC1(c2ccc(OC)cc2)CC1)N1CCCC(CC(N)=O)C1. The number of methoxy groups -OCH3 is 1. The van der Waals surface area contributed by atoms with Gasteiger partial charge in [-0.05, 0) is 49.3 Å². The van der Waals surface area contributed by atoms with E-state index in [2.05, 4.69) is 27.3 Å². The van der Waals surface area contributed by atoms with Crippen LogP contribution in [0.5, 0.6) is 5.75 Å². The van der Waals surface area contributed by atoms with Crippen molar-refractivity contribution in [2.75, 3.05) is 33.8 Å². The van der Waals surface area contributed by atoms with Crippen molar-refractivity contribution in [3.63, 3.8) is 0 Å². The van der Waals surface area contributed by atoms with E-state index >= 15 is 0 Å². The first-order chi connectivity index (χ1) is 12.6. The number of amides is 1. The minimum Gasteiger partial charge on any atom is -0.497 e. The minimum atomic E-state index is -0.212. The van der Waals surface area contributed by atoms with Gasteiger partial charge in [0, 0.05) is 38.5 Å². The van der Waals surface area contributed by atoms with E-state index in [9.17, 15) is 4.79 Å². The molecule has 0 aromatic heterocycles. The number of primary amides is 1. The summed E-state index contributed by atoms with van der Waals surface area (Å²) in [6.45, 7) is 2.70. The molecule has 142 valence electrons. The molecule has 1 heterocycles. The zero-order chi connectivity index (χ0) is 18.6. The highest BCUT2D eigenvalue weighted by molar-refractivity contribution is 5.80.